The maximum Gasteiger partial charge on any atom is 0.339 e. The molecule has 2 aromatic rings. The molecule has 1 aromatic carbocycles. The van der Waals surface area contributed by atoms with E-state index >= 15 is 0 Å². The number of H-pyrrole nitrogens is 1. The van der Waals surface area contributed by atoms with Crippen molar-refractivity contribution in [1.29, 1.82) is 0 Å². The zero-order valence-electron chi connectivity index (χ0n) is 11.1. The maximum atomic E-state index is 10.9. The number of nitrogens with one attached hydrogen (secondary N) is 1. The van der Waals surface area contributed by atoms with E-state index in [1.807, 2.05) is 12.1 Å². The summed E-state index contributed by atoms with van der Waals surface area (Å²) in [4.78, 5) is 13.8. The minimum absolute atomic E-state index is 0.112. The molecule has 4 nitrogen and oxygen atoms in total. The monoisotopic (exact) mass is 258 g/mol. The summed E-state index contributed by atoms with van der Waals surface area (Å²) in [6, 6.07) is 9.65. The first-order valence-corrected chi connectivity index (χ1v) is 6.28. The molecule has 4 N–H and O–H groups in total. The van der Waals surface area contributed by atoms with Gasteiger partial charge in [0.2, 0.25) is 0 Å². The van der Waals surface area contributed by atoms with Crippen molar-refractivity contribution in [3.63, 3.8) is 0 Å². The Balaban J connectivity index is 2.27. The van der Waals surface area contributed by atoms with E-state index in [4.69, 9.17) is 10.8 Å². The van der Waals surface area contributed by atoms with Gasteiger partial charge < -0.3 is 15.8 Å². The van der Waals surface area contributed by atoms with Crippen molar-refractivity contribution in [2.45, 2.75) is 20.3 Å². The molecule has 1 aromatic heterocycles. The number of hydrogen-bond donors (Lipinski definition) is 3. The third-order valence-electron chi connectivity index (χ3n) is 2.99. The van der Waals surface area contributed by atoms with Crippen LogP contribution in [-0.4, -0.2) is 16.1 Å². The van der Waals surface area contributed by atoms with Crippen LogP contribution in [-0.2, 0) is 6.42 Å². The average molecular weight is 258 g/mol. The summed E-state index contributed by atoms with van der Waals surface area (Å²) in [5.74, 6) is -0.212. The van der Waals surface area contributed by atoms with Crippen LogP contribution >= 0.6 is 0 Å². The Labute approximate surface area is 112 Å². The Morgan fingerprint density at radius 1 is 1.32 bits per heavy atom. The average Bonchev–Trinajstić information content (AvgIpc) is 2.71. The van der Waals surface area contributed by atoms with Crippen LogP contribution in [0.25, 0.3) is 11.3 Å². The molecule has 0 amide bonds. The molecule has 0 saturated heterocycles. The van der Waals surface area contributed by atoms with Gasteiger partial charge in [-0.2, -0.15) is 0 Å². The van der Waals surface area contributed by atoms with Crippen molar-refractivity contribution in [3.8, 4) is 11.3 Å². The highest BCUT2D eigenvalue weighted by molar-refractivity contribution is 5.94. The van der Waals surface area contributed by atoms with Gasteiger partial charge in [0.25, 0.3) is 0 Å². The normalized spacial score (nSPS) is 10.9. The Morgan fingerprint density at radius 3 is 2.42 bits per heavy atom. The van der Waals surface area contributed by atoms with Gasteiger partial charge in [-0.15, -0.1) is 0 Å². The van der Waals surface area contributed by atoms with Crippen LogP contribution in [0.1, 0.15) is 29.8 Å². The number of nitrogen functional groups attached to an aromatic ring is 1. The van der Waals surface area contributed by atoms with Gasteiger partial charge >= 0.3 is 5.97 Å². The van der Waals surface area contributed by atoms with Gasteiger partial charge in [0.1, 0.15) is 11.4 Å². The van der Waals surface area contributed by atoms with Crippen molar-refractivity contribution in [3.05, 3.63) is 41.5 Å². The second-order valence-electron chi connectivity index (χ2n) is 5.11. The molecule has 0 unspecified atom stereocenters. The molecule has 0 atom stereocenters. The van der Waals surface area contributed by atoms with Crippen molar-refractivity contribution >= 4 is 11.8 Å². The third kappa shape index (κ3) is 2.96. The smallest absolute Gasteiger partial charge is 0.339 e. The minimum Gasteiger partial charge on any atom is -0.478 e. The van der Waals surface area contributed by atoms with Gasteiger partial charge in [-0.05, 0) is 29.5 Å². The number of aromatic nitrogens is 1. The van der Waals surface area contributed by atoms with E-state index < -0.39 is 5.97 Å². The fourth-order valence-corrected chi connectivity index (χ4v) is 2.09. The van der Waals surface area contributed by atoms with E-state index in [9.17, 15) is 4.79 Å². The number of carboxylic acids is 1. The van der Waals surface area contributed by atoms with Gasteiger partial charge in [0.15, 0.2) is 0 Å². The molecule has 0 aliphatic rings. The number of carbonyl (C=O) groups is 1. The van der Waals surface area contributed by atoms with Crippen molar-refractivity contribution in [2.75, 3.05) is 5.73 Å². The first-order chi connectivity index (χ1) is 8.97. The highest BCUT2D eigenvalue weighted by atomic mass is 16.4. The Bertz CT molecular complexity index is 583. The van der Waals surface area contributed by atoms with E-state index in [0.29, 0.717) is 5.92 Å². The van der Waals surface area contributed by atoms with E-state index in [2.05, 4.69) is 31.0 Å². The molecule has 0 fully saturated rings. The fraction of sp³-hybridized carbons (Fsp3) is 0.267. The molecule has 100 valence electrons. The Kier molecular flexibility index (Phi) is 3.60. The highest BCUT2D eigenvalue weighted by Crippen LogP contribution is 2.24. The van der Waals surface area contributed by atoms with Crippen LogP contribution in [0, 0.1) is 5.92 Å². The van der Waals surface area contributed by atoms with Gasteiger partial charge in [0, 0.05) is 5.69 Å². The zero-order chi connectivity index (χ0) is 14.0. The van der Waals surface area contributed by atoms with Crippen molar-refractivity contribution < 1.29 is 9.90 Å². The van der Waals surface area contributed by atoms with Crippen LogP contribution in [0.2, 0.25) is 0 Å². The molecule has 0 aliphatic carbocycles. The largest absolute Gasteiger partial charge is 0.478 e. The summed E-state index contributed by atoms with van der Waals surface area (Å²) in [6.07, 6.45) is 1.04. The molecule has 4 heteroatoms. The fourth-order valence-electron chi connectivity index (χ4n) is 2.09. The van der Waals surface area contributed by atoms with Crippen LogP contribution in [0.4, 0.5) is 5.82 Å². The lowest BCUT2D eigenvalue weighted by Gasteiger charge is -2.05. The van der Waals surface area contributed by atoms with Crippen LogP contribution in [0.15, 0.2) is 30.3 Å². The van der Waals surface area contributed by atoms with E-state index in [0.717, 1.165) is 17.7 Å². The maximum absolute atomic E-state index is 10.9. The Morgan fingerprint density at radius 2 is 1.95 bits per heavy atom. The second-order valence-corrected chi connectivity index (χ2v) is 5.11. The second kappa shape index (κ2) is 5.18. The molecule has 0 aliphatic heterocycles. The number of aromatic carboxylic acids is 1. The number of anilines is 1. The zero-order valence-corrected chi connectivity index (χ0v) is 11.1. The molecule has 0 radical (unpaired) electrons. The first-order valence-electron chi connectivity index (χ1n) is 6.28. The first kappa shape index (κ1) is 13.2. The lowest BCUT2D eigenvalue weighted by atomic mass is 10.0. The number of aromatic amines is 1. The number of nitrogens with two attached hydrogens (primary N) is 1. The van der Waals surface area contributed by atoms with Gasteiger partial charge in [-0.25, -0.2) is 4.79 Å². The topological polar surface area (TPSA) is 79.1 Å². The third-order valence-corrected chi connectivity index (χ3v) is 2.99. The van der Waals surface area contributed by atoms with Crippen LogP contribution in [0.3, 0.4) is 0 Å². The molecule has 0 spiro atoms. The molecular formula is C15H18N2O2. The lowest BCUT2D eigenvalue weighted by molar-refractivity contribution is 0.0698. The summed E-state index contributed by atoms with van der Waals surface area (Å²) in [6.45, 7) is 4.36. The van der Waals surface area contributed by atoms with Crippen LogP contribution in [0.5, 0.6) is 0 Å². The predicted molar refractivity (Wildman–Crippen MR) is 76.1 cm³/mol. The van der Waals surface area contributed by atoms with Gasteiger partial charge in [-0.3, -0.25) is 0 Å². The van der Waals surface area contributed by atoms with Gasteiger partial charge in [0.05, 0.1) is 0 Å². The molecule has 2 rings (SSSR count). The Hall–Kier alpha value is -2.23. The molecule has 0 saturated carbocycles. The van der Waals surface area contributed by atoms with E-state index in [-0.39, 0.29) is 11.4 Å². The van der Waals surface area contributed by atoms with Crippen LogP contribution < -0.4 is 5.73 Å². The quantitative estimate of drug-likeness (QED) is 0.788. The number of carboxylic acid groups (broad SMARTS) is 1. The molecule has 0 bridgehead atoms. The summed E-state index contributed by atoms with van der Waals surface area (Å²) in [7, 11) is 0. The number of hydrogen-bond acceptors (Lipinski definition) is 2. The summed E-state index contributed by atoms with van der Waals surface area (Å²) in [5, 5.41) is 8.97. The minimum atomic E-state index is -1.02. The lowest BCUT2D eigenvalue weighted by Crippen LogP contribution is -1.98. The SMILES string of the molecule is CC(C)Cc1ccc(-c2cc(C(=O)O)c(N)[nH]2)cc1. The van der Waals surface area contributed by atoms with Crippen molar-refractivity contribution in [2.24, 2.45) is 5.92 Å². The molecular weight excluding hydrogens is 240 g/mol. The standard InChI is InChI=1S/C15H18N2O2/c1-9(2)7-10-3-5-11(6-4-10)13-8-12(15(18)19)14(16)17-13/h3-6,8-9,17H,7,16H2,1-2H3,(H,18,19). The summed E-state index contributed by atoms with van der Waals surface area (Å²) < 4.78 is 0. The summed E-state index contributed by atoms with van der Waals surface area (Å²) >= 11 is 0. The molecule has 1 heterocycles. The van der Waals surface area contributed by atoms with E-state index in [1.54, 1.807) is 6.07 Å². The van der Waals surface area contributed by atoms with E-state index in [1.165, 1.54) is 5.56 Å². The highest BCUT2D eigenvalue weighted by Gasteiger charge is 2.12. The summed E-state index contributed by atoms with van der Waals surface area (Å²) in [5.41, 5.74) is 8.69. The van der Waals surface area contributed by atoms with Gasteiger partial charge in [-0.1, -0.05) is 38.1 Å². The predicted octanol–water partition coefficient (Wildman–Crippen LogP) is 3.16. The number of benzene rings is 1. The number of rotatable bonds is 4. The molecule has 19 heavy (non-hydrogen) atoms. The van der Waals surface area contributed by atoms with Crippen molar-refractivity contribution in [1.82, 2.24) is 4.98 Å².